The Balaban J connectivity index is 2.07. The lowest BCUT2D eigenvalue weighted by atomic mass is 10.1. The van der Waals surface area contributed by atoms with Crippen LogP contribution in [-0.4, -0.2) is 26.0 Å². The van der Waals surface area contributed by atoms with Gasteiger partial charge in [-0.25, -0.2) is 4.72 Å². The molecule has 0 saturated carbocycles. The third-order valence-corrected chi connectivity index (χ3v) is 4.27. The van der Waals surface area contributed by atoms with Gasteiger partial charge in [0, 0.05) is 23.7 Å². The first-order chi connectivity index (χ1) is 9.87. The van der Waals surface area contributed by atoms with Crippen molar-refractivity contribution < 1.29 is 8.42 Å². The predicted octanol–water partition coefficient (Wildman–Crippen LogP) is 0.903. The second-order valence-corrected chi connectivity index (χ2v) is 6.66. The Hall–Kier alpha value is -1.70. The molecule has 2 aromatic rings. The molecule has 2 rings (SSSR count). The normalized spacial score (nSPS) is 12.1. The van der Waals surface area contributed by atoms with Crippen LogP contribution in [0.3, 0.4) is 0 Å². The lowest BCUT2D eigenvalue weighted by Crippen LogP contribution is -2.41. The van der Waals surface area contributed by atoms with E-state index in [0.29, 0.717) is 12.0 Å². The molecule has 0 aliphatic heterocycles. The Morgan fingerprint density at radius 3 is 2.67 bits per heavy atom. The van der Waals surface area contributed by atoms with Crippen LogP contribution < -0.4 is 15.0 Å². The van der Waals surface area contributed by atoms with E-state index < -0.39 is 10.2 Å². The highest BCUT2D eigenvalue weighted by molar-refractivity contribution is 7.87. The maximum absolute atomic E-state index is 11.9. The quantitative estimate of drug-likeness (QED) is 0.740. The molecule has 114 valence electrons. The molecule has 0 aliphatic rings. The summed E-state index contributed by atoms with van der Waals surface area (Å²) in [5.41, 5.74) is 1.14. The van der Waals surface area contributed by atoms with Crippen LogP contribution >= 0.6 is 0 Å². The van der Waals surface area contributed by atoms with Gasteiger partial charge in [-0.3, -0.25) is 4.79 Å². The molecular formula is C14H19N3O3S. The summed E-state index contributed by atoms with van der Waals surface area (Å²) in [5, 5.41) is 0.926. The molecule has 1 heterocycles. The topological polar surface area (TPSA) is 91.1 Å². The molecule has 0 bridgehead atoms. The summed E-state index contributed by atoms with van der Waals surface area (Å²) in [6.07, 6.45) is 0.333. The van der Waals surface area contributed by atoms with E-state index >= 15 is 0 Å². The maximum Gasteiger partial charge on any atom is 0.277 e. The Morgan fingerprint density at radius 1 is 1.24 bits per heavy atom. The van der Waals surface area contributed by atoms with Crippen LogP contribution in [0.1, 0.15) is 19.4 Å². The van der Waals surface area contributed by atoms with E-state index in [1.807, 2.05) is 24.3 Å². The second-order valence-electron chi connectivity index (χ2n) is 5.13. The van der Waals surface area contributed by atoms with Gasteiger partial charge in [-0.15, -0.1) is 0 Å². The van der Waals surface area contributed by atoms with E-state index in [0.717, 1.165) is 10.9 Å². The fourth-order valence-corrected chi connectivity index (χ4v) is 3.13. The van der Waals surface area contributed by atoms with Crippen LogP contribution in [-0.2, 0) is 16.6 Å². The van der Waals surface area contributed by atoms with Crippen molar-refractivity contribution in [1.82, 2.24) is 14.4 Å². The van der Waals surface area contributed by atoms with E-state index in [9.17, 15) is 13.2 Å². The molecule has 1 aromatic carbocycles. The number of hydrogen-bond donors (Lipinski definition) is 3. The molecule has 0 amide bonds. The Kier molecular flexibility index (Phi) is 4.76. The standard InChI is InChI=1S/C14H19N3O3S/c1-10(2)17-21(19,20)15-8-7-12-9-11-5-3-4-6-13(11)16-14(12)18/h3-6,9-10,15,17H,7-8H2,1-2H3,(H,16,18). The van der Waals surface area contributed by atoms with Gasteiger partial charge < -0.3 is 4.98 Å². The highest BCUT2D eigenvalue weighted by Gasteiger charge is 2.11. The number of fused-ring (bicyclic) bond motifs is 1. The summed E-state index contributed by atoms with van der Waals surface area (Å²) in [7, 11) is -3.52. The lowest BCUT2D eigenvalue weighted by Gasteiger charge is -2.10. The van der Waals surface area contributed by atoms with Crippen LogP contribution in [0.4, 0.5) is 0 Å². The van der Waals surface area contributed by atoms with E-state index in [-0.39, 0.29) is 18.1 Å². The minimum atomic E-state index is -3.52. The summed E-state index contributed by atoms with van der Waals surface area (Å²) in [5.74, 6) is 0. The highest BCUT2D eigenvalue weighted by atomic mass is 32.2. The molecule has 1 aromatic heterocycles. The molecule has 21 heavy (non-hydrogen) atoms. The van der Waals surface area contributed by atoms with Crippen molar-refractivity contribution in [3.8, 4) is 0 Å². The number of benzene rings is 1. The maximum atomic E-state index is 11.9. The molecule has 3 N–H and O–H groups in total. The van der Waals surface area contributed by atoms with Gasteiger partial charge in [0.25, 0.3) is 15.8 Å². The Labute approximate surface area is 123 Å². The molecular weight excluding hydrogens is 290 g/mol. The molecule has 0 fully saturated rings. The zero-order chi connectivity index (χ0) is 15.5. The van der Waals surface area contributed by atoms with Crippen LogP contribution in [0.25, 0.3) is 10.9 Å². The van der Waals surface area contributed by atoms with Crippen LogP contribution in [0.2, 0.25) is 0 Å². The third-order valence-electron chi connectivity index (χ3n) is 2.91. The summed E-state index contributed by atoms with van der Waals surface area (Å²) in [6, 6.07) is 9.09. The van der Waals surface area contributed by atoms with Gasteiger partial charge in [-0.1, -0.05) is 18.2 Å². The first kappa shape index (κ1) is 15.7. The van der Waals surface area contributed by atoms with E-state index in [1.165, 1.54) is 0 Å². The Morgan fingerprint density at radius 2 is 1.95 bits per heavy atom. The van der Waals surface area contributed by atoms with Gasteiger partial charge in [0.1, 0.15) is 0 Å². The predicted molar refractivity (Wildman–Crippen MR) is 83.5 cm³/mol. The first-order valence-corrected chi connectivity index (χ1v) is 8.23. The van der Waals surface area contributed by atoms with Gasteiger partial charge in [-0.05, 0) is 37.8 Å². The monoisotopic (exact) mass is 309 g/mol. The van der Waals surface area contributed by atoms with E-state index in [2.05, 4.69) is 14.4 Å². The minimum Gasteiger partial charge on any atom is -0.322 e. The summed E-state index contributed by atoms with van der Waals surface area (Å²) >= 11 is 0. The average Bonchev–Trinajstić information content (AvgIpc) is 2.37. The van der Waals surface area contributed by atoms with Crippen molar-refractivity contribution in [2.45, 2.75) is 26.3 Å². The molecule has 0 atom stereocenters. The smallest absolute Gasteiger partial charge is 0.277 e. The van der Waals surface area contributed by atoms with Crippen LogP contribution in [0, 0.1) is 0 Å². The first-order valence-electron chi connectivity index (χ1n) is 6.75. The van der Waals surface area contributed by atoms with Gasteiger partial charge in [-0.2, -0.15) is 13.1 Å². The van der Waals surface area contributed by atoms with Gasteiger partial charge in [0.2, 0.25) is 0 Å². The number of para-hydroxylation sites is 1. The summed E-state index contributed by atoms with van der Waals surface area (Å²) in [4.78, 5) is 14.7. The molecule has 0 aliphatic carbocycles. The van der Waals surface area contributed by atoms with Gasteiger partial charge in [0.15, 0.2) is 0 Å². The number of aromatic nitrogens is 1. The zero-order valence-electron chi connectivity index (χ0n) is 12.0. The number of hydrogen-bond acceptors (Lipinski definition) is 3. The van der Waals surface area contributed by atoms with Crippen molar-refractivity contribution in [1.29, 1.82) is 0 Å². The fourth-order valence-electron chi connectivity index (χ4n) is 2.05. The van der Waals surface area contributed by atoms with Crippen molar-refractivity contribution in [3.63, 3.8) is 0 Å². The van der Waals surface area contributed by atoms with Crippen molar-refractivity contribution in [2.75, 3.05) is 6.54 Å². The van der Waals surface area contributed by atoms with Gasteiger partial charge in [0.05, 0.1) is 0 Å². The molecule has 0 saturated heterocycles. The molecule has 0 unspecified atom stereocenters. The molecule has 0 spiro atoms. The van der Waals surface area contributed by atoms with Crippen molar-refractivity contribution in [3.05, 3.63) is 46.2 Å². The number of aromatic amines is 1. The SMILES string of the molecule is CC(C)NS(=O)(=O)NCCc1cc2ccccc2[nH]c1=O. The molecule has 0 radical (unpaired) electrons. The van der Waals surface area contributed by atoms with Crippen LogP contribution in [0.5, 0.6) is 0 Å². The summed E-state index contributed by atoms with van der Waals surface area (Å²) in [6.45, 7) is 3.66. The minimum absolute atomic E-state index is 0.170. The third kappa shape index (κ3) is 4.38. The van der Waals surface area contributed by atoms with Crippen molar-refractivity contribution >= 4 is 21.1 Å². The van der Waals surface area contributed by atoms with Crippen molar-refractivity contribution in [2.24, 2.45) is 0 Å². The molecule has 6 nitrogen and oxygen atoms in total. The van der Waals surface area contributed by atoms with E-state index in [1.54, 1.807) is 19.9 Å². The zero-order valence-corrected chi connectivity index (χ0v) is 12.8. The summed E-state index contributed by atoms with van der Waals surface area (Å²) < 4.78 is 28.1. The highest BCUT2D eigenvalue weighted by Crippen LogP contribution is 2.10. The van der Waals surface area contributed by atoms with Gasteiger partial charge >= 0.3 is 0 Å². The second kappa shape index (κ2) is 6.38. The largest absolute Gasteiger partial charge is 0.322 e. The number of rotatable bonds is 6. The number of H-pyrrole nitrogens is 1. The average molecular weight is 309 g/mol. The number of nitrogens with one attached hydrogen (secondary N) is 3. The number of pyridine rings is 1. The van der Waals surface area contributed by atoms with Crippen LogP contribution in [0.15, 0.2) is 35.1 Å². The lowest BCUT2D eigenvalue weighted by molar-refractivity contribution is 0.555. The fraction of sp³-hybridized carbons (Fsp3) is 0.357. The molecule has 7 heteroatoms. The van der Waals surface area contributed by atoms with E-state index in [4.69, 9.17) is 0 Å². The Bertz CT molecular complexity index is 781.